The molecule has 0 unspecified atom stereocenters. The fourth-order valence-electron chi connectivity index (χ4n) is 2.80. The molecular formula is C17H20N2O2. The van der Waals surface area contributed by atoms with Gasteiger partial charge in [0.05, 0.1) is 23.2 Å². The van der Waals surface area contributed by atoms with Gasteiger partial charge in [0.2, 0.25) is 0 Å². The zero-order chi connectivity index (χ0) is 14.7. The molecule has 4 nitrogen and oxygen atoms in total. The fraction of sp³-hybridized carbons (Fsp3) is 0.353. The second-order valence-electron chi connectivity index (χ2n) is 5.41. The van der Waals surface area contributed by atoms with Gasteiger partial charge in [-0.1, -0.05) is 12.1 Å². The maximum Gasteiger partial charge on any atom is 0.259 e. The molecule has 1 aromatic carbocycles. The molecule has 4 heteroatoms. The molecule has 3 rings (SSSR count). The normalized spacial score (nSPS) is 15.0. The number of anilines is 2. The van der Waals surface area contributed by atoms with Gasteiger partial charge in [0.15, 0.2) is 0 Å². The second-order valence-corrected chi connectivity index (χ2v) is 5.41. The van der Waals surface area contributed by atoms with Crippen molar-refractivity contribution in [3.8, 4) is 0 Å². The first kappa shape index (κ1) is 13.7. The lowest BCUT2D eigenvalue weighted by atomic mass is 10.1. The molecule has 1 saturated heterocycles. The summed E-state index contributed by atoms with van der Waals surface area (Å²) in [6.07, 6.45) is 5.26. The van der Waals surface area contributed by atoms with E-state index in [-0.39, 0.29) is 5.91 Å². The van der Waals surface area contributed by atoms with Gasteiger partial charge in [-0.15, -0.1) is 0 Å². The van der Waals surface area contributed by atoms with Crippen molar-refractivity contribution in [2.45, 2.75) is 26.2 Å². The van der Waals surface area contributed by atoms with Crippen LogP contribution in [-0.2, 0) is 0 Å². The van der Waals surface area contributed by atoms with Crippen LogP contribution in [0.4, 0.5) is 11.4 Å². The number of amides is 1. The van der Waals surface area contributed by atoms with Crippen LogP contribution in [0.2, 0.25) is 0 Å². The molecule has 1 aromatic heterocycles. The van der Waals surface area contributed by atoms with Crippen molar-refractivity contribution in [2.75, 3.05) is 23.3 Å². The predicted octanol–water partition coefficient (Wildman–Crippen LogP) is 3.83. The van der Waals surface area contributed by atoms with Gasteiger partial charge >= 0.3 is 0 Å². The number of carbonyl (C=O) groups is 1. The van der Waals surface area contributed by atoms with E-state index in [1.165, 1.54) is 19.3 Å². The summed E-state index contributed by atoms with van der Waals surface area (Å²) in [5, 5.41) is 3.01. The molecule has 0 bridgehead atoms. The van der Waals surface area contributed by atoms with Crippen LogP contribution in [0.3, 0.4) is 0 Å². The predicted molar refractivity (Wildman–Crippen MR) is 83.9 cm³/mol. The third kappa shape index (κ3) is 2.94. The van der Waals surface area contributed by atoms with Crippen molar-refractivity contribution in [3.63, 3.8) is 0 Å². The van der Waals surface area contributed by atoms with E-state index in [1.807, 2.05) is 18.2 Å². The maximum atomic E-state index is 12.3. The molecule has 1 aliphatic heterocycles. The van der Waals surface area contributed by atoms with E-state index in [2.05, 4.69) is 16.3 Å². The number of para-hydroxylation sites is 2. The largest absolute Gasteiger partial charge is 0.469 e. The molecular weight excluding hydrogens is 264 g/mol. The Hall–Kier alpha value is -2.23. The summed E-state index contributed by atoms with van der Waals surface area (Å²) >= 11 is 0. The van der Waals surface area contributed by atoms with Crippen molar-refractivity contribution in [3.05, 3.63) is 47.9 Å². The van der Waals surface area contributed by atoms with E-state index < -0.39 is 0 Å². The van der Waals surface area contributed by atoms with E-state index in [9.17, 15) is 4.79 Å². The van der Waals surface area contributed by atoms with Gasteiger partial charge in [-0.3, -0.25) is 4.79 Å². The zero-order valence-electron chi connectivity index (χ0n) is 12.3. The van der Waals surface area contributed by atoms with E-state index in [1.54, 1.807) is 19.3 Å². The van der Waals surface area contributed by atoms with Crippen molar-refractivity contribution in [1.29, 1.82) is 0 Å². The zero-order valence-corrected chi connectivity index (χ0v) is 12.3. The van der Waals surface area contributed by atoms with E-state index in [0.29, 0.717) is 11.3 Å². The monoisotopic (exact) mass is 284 g/mol. The Bertz CT molecular complexity index is 627. The van der Waals surface area contributed by atoms with E-state index in [0.717, 1.165) is 24.5 Å². The highest BCUT2D eigenvalue weighted by molar-refractivity contribution is 6.06. The van der Waals surface area contributed by atoms with Crippen molar-refractivity contribution in [1.82, 2.24) is 0 Å². The van der Waals surface area contributed by atoms with Gasteiger partial charge < -0.3 is 14.6 Å². The number of piperidine rings is 1. The molecule has 0 atom stereocenters. The van der Waals surface area contributed by atoms with Crippen LogP contribution in [0.5, 0.6) is 0 Å². The summed E-state index contributed by atoms with van der Waals surface area (Å²) in [5.41, 5.74) is 2.56. The van der Waals surface area contributed by atoms with E-state index >= 15 is 0 Å². The summed E-state index contributed by atoms with van der Waals surface area (Å²) < 4.78 is 5.20. The Kier molecular flexibility index (Phi) is 3.95. The Balaban J connectivity index is 1.82. The highest BCUT2D eigenvalue weighted by Gasteiger charge is 2.17. The van der Waals surface area contributed by atoms with Crippen molar-refractivity contribution in [2.24, 2.45) is 0 Å². The molecule has 21 heavy (non-hydrogen) atoms. The fourth-order valence-corrected chi connectivity index (χ4v) is 2.80. The minimum atomic E-state index is -0.120. The number of rotatable bonds is 3. The quantitative estimate of drug-likeness (QED) is 0.931. The summed E-state index contributed by atoms with van der Waals surface area (Å²) in [4.78, 5) is 14.7. The van der Waals surface area contributed by atoms with Gasteiger partial charge in [0, 0.05) is 13.1 Å². The summed E-state index contributed by atoms with van der Waals surface area (Å²) in [5.74, 6) is 0.522. The number of nitrogens with one attached hydrogen (secondary N) is 1. The average Bonchev–Trinajstić information content (AvgIpc) is 2.95. The molecule has 2 heterocycles. The van der Waals surface area contributed by atoms with Crippen LogP contribution in [0.1, 0.15) is 35.4 Å². The smallest absolute Gasteiger partial charge is 0.259 e. The van der Waals surface area contributed by atoms with Crippen LogP contribution < -0.4 is 10.2 Å². The number of benzene rings is 1. The molecule has 0 spiro atoms. The van der Waals surface area contributed by atoms with Crippen molar-refractivity contribution < 1.29 is 9.21 Å². The first-order chi connectivity index (χ1) is 10.3. The van der Waals surface area contributed by atoms with Crippen LogP contribution in [0.15, 0.2) is 41.0 Å². The average molecular weight is 284 g/mol. The third-order valence-corrected chi connectivity index (χ3v) is 3.95. The standard InChI is InChI=1S/C17H20N2O2/c1-13-14(9-12-21-13)17(20)18-15-7-3-4-8-16(15)19-10-5-2-6-11-19/h3-4,7-9,12H,2,5-6,10-11H2,1H3,(H,18,20). The second kappa shape index (κ2) is 6.04. The number of hydrogen-bond acceptors (Lipinski definition) is 3. The minimum absolute atomic E-state index is 0.120. The van der Waals surface area contributed by atoms with Gasteiger partial charge in [-0.25, -0.2) is 0 Å². The molecule has 1 aliphatic rings. The van der Waals surface area contributed by atoms with Gasteiger partial charge in [-0.2, -0.15) is 0 Å². The van der Waals surface area contributed by atoms with Gasteiger partial charge in [0.25, 0.3) is 5.91 Å². The van der Waals surface area contributed by atoms with Crippen LogP contribution >= 0.6 is 0 Å². The van der Waals surface area contributed by atoms with Gasteiger partial charge in [0.1, 0.15) is 5.76 Å². The first-order valence-electron chi connectivity index (χ1n) is 7.45. The molecule has 1 fully saturated rings. The molecule has 0 radical (unpaired) electrons. The number of furan rings is 1. The summed E-state index contributed by atoms with van der Waals surface area (Å²) in [6.45, 7) is 3.90. The maximum absolute atomic E-state index is 12.3. The Morgan fingerprint density at radius 2 is 1.90 bits per heavy atom. The first-order valence-corrected chi connectivity index (χ1v) is 7.45. The van der Waals surface area contributed by atoms with Gasteiger partial charge in [-0.05, 0) is 44.4 Å². The Labute approximate surface area is 124 Å². The molecule has 0 saturated carbocycles. The molecule has 1 amide bonds. The molecule has 0 aliphatic carbocycles. The molecule has 2 aromatic rings. The topological polar surface area (TPSA) is 45.5 Å². The van der Waals surface area contributed by atoms with E-state index in [4.69, 9.17) is 4.42 Å². The van der Waals surface area contributed by atoms with Crippen LogP contribution in [0, 0.1) is 6.92 Å². The minimum Gasteiger partial charge on any atom is -0.469 e. The lowest BCUT2D eigenvalue weighted by molar-refractivity contribution is 0.102. The van der Waals surface area contributed by atoms with Crippen LogP contribution in [0.25, 0.3) is 0 Å². The molecule has 1 N–H and O–H groups in total. The number of hydrogen-bond donors (Lipinski definition) is 1. The highest BCUT2D eigenvalue weighted by atomic mass is 16.3. The third-order valence-electron chi connectivity index (χ3n) is 3.95. The summed E-state index contributed by atoms with van der Waals surface area (Å²) in [6, 6.07) is 9.70. The number of carbonyl (C=O) groups excluding carboxylic acids is 1. The summed E-state index contributed by atoms with van der Waals surface area (Å²) in [7, 11) is 0. The van der Waals surface area contributed by atoms with Crippen LogP contribution in [-0.4, -0.2) is 19.0 Å². The molecule has 110 valence electrons. The Morgan fingerprint density at radius 1 is 1.14 bits per heavy atom. The lowest BCUT2D eigenvalue weighted by Gasteiger charge is -2.30. The number of aryl methyl sites for hydroxylation is 1. The van der Waals surface area contributed by atoms with Crippen molar-refractivity contribution >= 4 is 17.3 Å². The highest BCUT2D eigenvalue weighted by Crippen LogP contribution is 2.28. The Morgan fingerprint density at radius 3 is 2.62 bits per heavy atom. The SMILES string of the molecule is Cc1occc1C(=O)Nc1ccccc1N1CCCCC1. The lowest BCUT2D eigenvalue weighted by Crippen LogP contribution is -2.30. The number of nitrogens with zero attached hydrogens (tertiary/aromatic N) is 1.